The minimum atomic E-state index is -4.30. The number of carbonyl (C=O) groups is 2. The molecule has 0 aliphatic rings. The van der Waals surface area contributed by atoms with Crippen molar-refractivity contribution >= 4 is 27.7 Å². The van der Waals surface area contributed by atoms with E-state index in [0.29, 0.717) is 17.7 Å². The predicted molar refractivity (Wildman–Crippen MR) is 162 cm³/mol. The summed E-state index contributed by atoms with van der Waals surface area (Å²) in [6.07, 6.45) is 0.856. The number of nitrogens with one attached hydrogen (secondary N) is 1. The van der Waals surface area contributed by atoms with Crippen molar-refractivity contribution in [3.8, 4) is 5.75 Å². The summed E-state index contributed by atoms with van der Waals surface area (Å²) in [4.78, 5) is 29.3. The van der Waals surface area contributed by atoms with Gasteiger partial charge in [0.25, 0.3) is 0 Å². The highest BCUT2D eigenvalue weighted by molar-refractivity contribution is 7.90. The molecular formula is C31H39FN4O5S. The fraction of sp³-hybridized carbons (Fsp3) is 0.355. The second kappa shape index (κ2) is 14.8. The van der Waals surface area contributed by atoms with Crippen molar-refractivity contribution in [3.05, 3.63) is 95.8 Å². The number of para-hydroxylation sites is 1. The molecule has 0 radical (unpaired) electrons. The molecule has 0 saturated carbocycles. The zero-order valence-electron chi connectivity index (χ0n) is 24.7. The van der Waals surface area contributed by atoms with Crippen molar-refractivity contribution in [2.45, 2.75) is 45.3 Å². The van der Waals surface area contributed by atoms with E-state index in [1.54, 1.807) is 24.3 Å². The van der Waals surface area contributed by atoms with E-state index in [-0.39, 0.29) is 30.6 Å². The summed E-state index contributed by atoms with van der Waals surface area (Å²) < 4.78 is 48.7. The average Bonchev–Trinajstić information content (AvgIpc) is 2.98. The summed E-state index contributed by atoms with van der Waals surface area (Å²) in [5, 5.41) is 2.98. The van der Waals surface area contributed by atoms with E-state index in [2.05, 4.69) is 5.32 Å². The second-order valence-corrected chi connectivity index (χ2v) is 12.2. The Morgan fingerprint density at radius 1 is 0.952 bits per heavy atom. The normalized spacial score (nSPS) is 12.8. The van der Waals surface area contributed by atoms with Crippen LogP contribution in [0.25, 0.3) is 0 Å². The summed E-state index contributed by atoms with van der Waals surface area (Å²) >= 11 is 0. The van der Waals surface area contributed by atoms with Gasteiger partial charge in [0.15, 0.2) is 0 Å². The Hall–Kier alpha value is -3.96. The van der Waals surface area contributed by atoms with Crippen LogP contribution in [-0.2, 0) is 32.8 Å². The first-order valence-electron chi connectivity index (χ1n) is 13.7. The zero-order chi connectivity index (χ0) is 30.9. The number of methoxy groups -OCH3 is 1. The molecule has 3 aromatic rings. The molecule has 226 valence electrons. The van der Waals surface area contributed by atoms with E-state index in [9.17, 15) is 22.4 Å². The van der Waals surface area contributed by atoms with E-state index < -0.39 is 34.5 Å². The molecule has 0 aliphatic heterocycles. The van der Waals surface area contributed by atoms with Gasteiger partial charge in [-0.25, -0.2) is 8.70 Å². The number of carbonyl (C=O) groups excluding carboxylic acids is 2. The van der Waals surface area contributed by atoms with Crippen molar-refractivity contribution in [2.75, 3.05) is 32.1 Å². The van der Waals surface area contributed by atoms with E-state index in [4.69, 9.17) is 4.74 Å². The molecule has 0 aliphatic carbocycles. The molecule has 3 rings (SSSR count). The smallest absolute Gasteiger partial charge is 0.304 e. The van der Waals surface area contributed by atoms with Crippen molar-refractivity contribution in [1.29, 1.82) is 0 Å². The van der Waals surface area contributed by atoms with Crippen molar-refractivity contribution in [1.82, 2.24) is 14.5 Å². The quantitative estimate of drug-likeness (QED) is 0.303. The molecule has 0 spiro atoms. The molecule has 42 heavy (non-hydrogen) atoms. The van der Waals surface area contributed by atoms with Crippen LogP contribution in [0.5, 0.6) is 5.75 Å². The number of rotatable bonds is 14. The van der Waals surface area contributed by atoms with Gasteiger partial charge in [-0.3, -0.25) is 9.59 Å². The summed E-state index contributed by atoms with van der Waals surface area (Å²) in [6, 6.07) is 20.5. The largest absolute Gasteiger partial charge is 0.497 e. The minimum absolute atomic E-state index is 0.0193. The molecule has 3 aromatic carbocycles. The molecule has 2 amide bonds. The van der Waals surface area contributed by atoms with Crippen molar-refractivity contribution < 1.29 is 27.1 Å². The van der Waals surface area contributed by atoms with Crippen LogP contribution in [0, 0.1) is 5.82 Å². The van der Waals surface area contributed by atoms with E-state index in [1.807, 2.05) is 44.2 Å². The zero-order valence-corrected chi connectivity index (χ0v) is 25.5. The molecule has 2 unspecified atom stereocenters. The van der Waals surface area contributed by atoms with Gasteiger partial charge in [-0.15, -0.1) is 0 Å². The van der Waals surface area contributed by atoms with Crippen molar-refractivity contribution in [3.63, 3.8) is 0 Å². The van der Waals surface area contributed by atoms with Crippen LogP contribution in [0.1, 0.15) is 31.4 Å². The van der Waals surface area contributed by atoms with E-state index in [0.717, 1.165) is 20.2 Å². The van der Waals surface area contributed by atoms with Gasteiger partial charge >= 0.3 is 10.2 Å². The number of nitrogens with zero attached hydrogens (tertiary/aromatic N) is 3. The highest BCUT2D eigenvalue weighted by atomic mass is 32.2. The topological polar surface area (TPSA) is 99.3 Å². The fourth-order valence-corrected chi connectivity index (χ4v) is 5.38. The van der Waals surface area contributed by atoms with E-state index >= 15 is 0 Å². The van der Waals surface area contributed by atoms with Crippen LogP contribution in [-0.4, -0.2) is 69.3 Å². The number of halogens is 1. The van der Waals surface area contributed by atoms with Gasteiger partial charge in [0.1, 0.15) is 24.2 Å². The second-order valence-electron chi connectivity index (χ2n) is 10.1. The number of amides is 2. The van der Waals surface area contributed by atoms with Gasteiger partial charge in [-0.2, -0.15) is 12.7 Å². The number of hydrogen-bond donors (Lipinski definition) is 1. The monoisotopic (exact) mass is 598 g/mol. The summed E-state index contributed by atoms with van der Waals surface area (Å²) in [5.41, 5.74) is 1.21. The highest BCUT2D eigenvalue weighted by Gasteiger charge is 2.35. The first-order valence-corrected chi connectivity index (χ1v) is 15.1. The third-order valence-corrected chi connectivity index (χ3v) is 8.70. The molecule has 9 nitrogen and oxygen atoms in total. The maximum atomic E-state index is 14.9. The minimum Gasteiger partial charge on any atom is -0.497 e. The molecule has 2 atom stereocenters. The third kappa shape index (κ3) is 8.29. The lowest BCUT2D eigenvalue weighted by atomic mass is 10.0. The SMILES string of the molecule is CCC(C)NC(=O)C(Cc1ccccc1)N(Cc1cccc(OC)c1)C(=O)CN(c1ccccc1F)S(=O)(=O)N(C)C. The summed E-state index contributed by atoms with van der Waals surface area (Å²) in [5.74, 6) is -1.29. The Balaban J connectivity index is 2.12. The van der Waals surface area contributed by atoms with Gasteiger partial charge in [0.05, 0.1) is 12.8 Å². The molecule has 0 saturated heterocycles. The lowest BCUT2D eigenvalue weighted by molar-refractivity contribution is -0.140. The third-order valence-electron chi connectivity index (χ3n) is 6.90. The molecule has 0 fully saturated rings. The van der Waals surface area contributed by atoms with Gasteiger partial charge < -0.3 is 15.0 Å². The van der Waals surface area contributed by atoms with Gasteiger partial charge in [0.2, 0.25) is 11.8 Å². The van der Waals surface area contributed by atoms with Crippen LogP contribution >= 0.6 is 0 Å². The van der Waals surface area contributed by atoms with Crippen LogP contribution in [0.2, 0.25) is 0 Å². The Morgan fingerprint density at radius 3 is 2.21 bits per heavy atom. The lowest BCUT2D eigenvalue weighted by Gasteiger charge is -2.35. The molecule has 11 heteroatoms. The Morgan fingerprint density at radius 2 is 1.60 bits per heavy atom. The summed E-state index contributed by atoms with van der Waals surface area (Å²) in [6.45, 7) is 3.06. The van der Waals surface area contributed by atoms with Gasteiger partial charge in [-0.1, -0.05) is 61.5 Å². The molecular weight excluding hydrogens is 559 g/mol. The number of benzene rings is 3. The maximum absolute atomic E-state index is 14.9. The maximum Gasteiger partial charge on any atom is 0.304 e. The van der Waals surface area contributed by atoms with Crippen LogP contribution in [0.3, 0.4) is 0 Å². The molecule has 1 N–H and O–H groups in total. The Kier molecular flexibility index (Phi) is 11.5. The number of ether oxygens (including phenoxy) is 1. The Labute approximate surface area is 248 Å². The lowest BCUT2D eigenvalue weighted by Crippen LogP contribution is -2.55. The summed E-state index contributed by atoms with van der Waals surface area (Å²) in [7, 11) is -0.160. The van der Waals surface area contributed by atoms with Gasteiger partial charge in [0, 0.05) is 33.1 Å². The standard InChI is InChI=1S/C31H39FN4O5S/c1-6-23(2)33-31(38)29(20-24-13-8-7-9-14-24)35(21-25-15-12-16-26(19-25)41-5)30(37)22-36(42(39,40)34(3)4)28-18-11-10-17-27(28)32/h7-19,23,29H,6,20-22H2,1-5H3,(H,33,38). The van der Waals surface area contributed by atoms with E-state index in [1.165, 1.54) is 44.3 Å². The molecule has 0 heterocycles. The van der Waals surface area contributed by atoms with Crippen LogP contribution in [0.15, 0.2) is 78.9 Å². The van der Waals surface area contributed by atoms with Gasteiger partial charge in [-0.05, 0) is 48.7 Å². The Bertz CT molecular complexity index is 1450. The highest BCUT2D eigenvalue weighted by Crippen LogP contribution is 2.25. The number of hydrogen-bond acceptors (Lipinski definition) is 5. The molecule has 0 bridgehead atoms. The van der Waals surface area contributed by atoms with Crippen LogP contribution in [0.4, 0.5) is 10.1 Å². The predicted octanol–water partition coefficient (Wildman–Crippen LogP) is 4.00. The first kappa shape index (κ1) is 32.6. The van der Waals surface area contributed by atoms with Crippen molar-refractivity contribution in [2.24, 2.45) is 0 Å². The average molecular weight is 599 g/mol. The molecule has 0 aromatic heterocycles. The number of anilines is 1. The fourth-order valence-electron chi connectivity index (χ4n) is 4.32. The first-order chi connectivity index (χ1) is 20.0. The van der Waals surface area contributed by atoms with Crippen LogP contribution < -0.4 is 14.4 Å².